The molecule has 0 unspecified atom stereocenters. The summed E-state index contributed by atoms with van der Waals surface area (Å²) in [7, 11) is 0. The van der Waals surface area contributed by atoms with Gasteiger partial charge in [-0.3, -0.25) is 9.59 Å². The summed E-state index contributed by atoms with van der Waals surface area (Å²) in [6, 6.07) is 12.7. The van der Waals surface area contributed by atoms with Crippen LogP contribution in [0.5, 0.6) is 0 Å². The number of nitrogens with zero attached hydrogens (tertiary/aromatic N) is 1. The monoisotopic (exact) mass is 271 g/mol. The first-order valence-corrected chi connectivity index (χ1v) is 6.46. The maximum atomic E-state index is 11.7. The Morgan fingerprint density at radius 2 is 1.65 bits per heavy atom. The van der Waals surface area contributed by atoms with Crippen molar-refractivity contribution in [2.45, 2.75) is 6.54 Å². The first-order chi connectivity index (χ1) is 9.75. The van der Waals surface area contributed by atoms with Gasteiger partial charge in [0.2, 0.25) is 5.91 Å². The number of hydrogen-bond acceptors (Lipinski definition) is 2. The highest BCUT2D eigenvalue weighted by atomic mass is 16.2. The normalized spacial score (nSPS) is 10.0. The summed E-state index contributed by atoms with van der Waals surface area (Å²) in [5, 5.41) is 5.34. The number of hydrogen-bond donors (Lipinski definition) is 2. The van der Waals surface area contributed by atoms with Crippen LogP contribution in [-0.4, -0.2) is 29.5 Å². The molecule has 2 rings (SSSR count). The molecule has 0 radical (unpaired) electrons. The van der Waals surface area contributed by atoms with Gasteiger partial charge in [-0.15, -0.1) is 0 Å². The van der Waals surface area contributed by atoms with Crippen molar-refractivity contribution < 1.29 is 9.59 Å². The molecule has 0 atom stereocenters. The van der Waals surface area contributed by atoms with E-state index in [1.165, 1.54) is 0 Å². The summed E-state index contributed by atoms with van der Waals surface area (Å²) in [4.78, 5) is 23.3. The predicted octanol–water partition coefficient (Wildman–Crippen LogP) is 1.03. The zero-order chi connectivity index (χ0) is 14.2. The van der Waals surface area contributed by atoms with Gasteiger partial charge < -0.3 is 15.2 Å². The van der Waals surface area contributed by atoms with Crippen LogP contribution in [-0.2, 0) is 11.3 Å². The molecule has 1 aromatic carbocycles. The van der Waals surface area contributed by atoms with E-state index in [-0.39, 0.29) is 18.4 Å². The van der Waals surface area contributed by atoms with E-state index in [9.17, 15) is 9.59 Å². The number of carbonyl (C=O) groups is 2. The molecule has 1 heterocycles. The molecule has 2 aromatic rings. The molecule has 0 bridgehead atoms. The molecule has 0 aliphatic rings. The molecule has 2 amide bonds. The lowest BCUT2D eigenvalue weighted by Crippen LogP contribution is -2.38. The maximum absolute atomic E-state index is 11.7. The second-order valence-electron chi connectivity index (χ2n) is 4.32. The van der Waals surface area contributed by atoms with Gasteiger partial charge in [0.15, 0.2) is 0 Å². The third-order valence-corrected chi connectivity index (χ3v) is 2.80. The number of rotatable bonds is 6. The van der Waals surface area contributed by atoms with E-state index in [0.717, 1.165) is 0 Å². The lowest BCUT2D eigenvalue weighted by atomic mass is 10.2. The minimum Gasteiger partial charge on any atom is -0.353 e. The van der Waals surface area contributed by atoms with Crippen LogP contribution >= 0.6 is 0 Å². The molecule has 0 saturated heterocycles. The van der Waals surface area contributed by atoms with E-state index in [1.54, 1.807) is 24.3 Å². The van der Waals surface area contributed by atoms with E-state index >= 15 is 0 Å². The van der Waals surface area contributed by atoms with Crippen molar-refractivity contribution in [3.63, 3.8) is 0 Å². The van der Waals surface area contributed by atoms with E-state index < -0.39 is 0 Å². The van der Waals surface area contributed by atoms with Crippen molar-refractivity contribution >= 4 is 11.8 Å². The van der Waals surface area contributed by atoms with Crippen LogP contribution in [0, 0.1) is 0 Å². The van der Waals surface area contributed by atoms with Crippen LogP contribution in [0.2, 0.25) is 0 Å². The van der Waals surface area contributed by atoms with Gasteiger partial charge in [-0.05, 0) is 24.3 Å². The van der Waals surface area contributed by atoms with Crippen molar-refractivity contribution in [1.82, 2.24) is 15.2 Å². The Bertz CT molecular complexity index is 550. The van der Waals surface area contributed by atoms with Crippen LogP contribution in [0.4, 0.5) is 0 Å². The van der Waals surface area contributed by atoms with Gasteiger partial charge in [-0.1, -0.05) is 18.2 Å². The Morgan fingerprint density at radius 3 is 2.35 bits per heavy atom. The Labute approximate surface area is 117 Å². The minimum atomic E-state index is -0.244. The van der Waals surface area contributed by atoms with Crippen molar-refractivity contribution in [2.24, 2.45) is 0 Å². The van der Waals surface area contributed by atoms with E-state index in [4.69, 9.17) is 0 Å². The molecule has 0 spiro atoms. The molecule has 0 fully saturated rings. The number of carbonyl (C=O) groups excluding carboxylic acids is 2. The number of benzene rings is 1. The third-order valence-electron chi connectivity index (χ3n) is 2.80. The molecule has 104 valence electrons. The quantitative estimate of drug-likeness (QED) is 0.824. The molecule has 0 aliphatic carbocycles. The molecule has 0 aliphatic heterocycles. The molecule has 0 saturated carbocycles. The van der Waals surface area contributed by atoms with E-state index in [1.807, 2.05) is 35.2 Å². The second-order valence-corrected chi connectivity index (χ2v) is 4.32. The highest BCUT2D eigenvalue weighted by Crippen LogP contribution is 1.97. The Morgan fingerprint density at radius 1 is 0.950 bits per heavy atom. The minimum absolute atomic E-state index is 0.0145. The van der Waals surface area contributed by atoms with Gasteiger partial charge in [0, 0.05) is 31.0 Å². The molecule has 2 N–H and O–H groups in total. The van der Waals surface area contributed by atoms with E-state index in [2.05, 4.69) is 10.6 Å². The summed E-state index contributed by atoms with van der Waals surface area (Å²) < 4.78 is 1.98. The SMILES string of the molecule is O=C(CNC(=O)c1ccccc1)NCCn1cccc1. The maximum Gasteiger partial charge on any atom is 0.251 e. The smallest absolute Gasteiger partial charge is 0.251 e. The van der Waals surface area contributed by atoms with E-state index in [0.29, 0.717) is 18.7 Å². The predicted molar refractivity (Wildman–Crippen MR) is 76.2 cm³/mol. The zero-order valence-corrected chi connectivity index (χ0v) is 11.1. The van der Waals surface area contributed by atoms with Crippen LogP contribution in [0.15, 0.2) is 54.9 Å². The fourth-order valence-corrected chi connectivity index (χ4v) is 1.76. The van der Waals surface area contributed by atoms with Gasteiger partial charge >= 0.3 is 0 Å². The van der Waals surface area contributed by atoms with Crippen LogP contribution in [0.3, 0.4) is 0 Å². The van der Waals surface area contributed by atoms with Crippen LogP contribution in [0.25, 0.3) is 0 Å². The first-order valence-electron chi connectivity index (χ1n) is 6.46. The average molecular weight is 271 g/mol. The number of aromatic nitrogens is 1. The first kappa shape index (κ1) is 13.9. The zero-order valence-electron chi connectivity index (χ0n) is 11.1. The van der Waals surface area contributed by atoms with Gasteiger partial charge in [0.25, 0.3) is 5.91 Å². The van der Waals surface area contributed by atoms with Crippen molar-refractivity contribution in [3.05, 3.63) is 60.4 Å². The molecular weight excluding hydrogens is 254 g/mol. The van der Waals surface area contributed by atoms with Crippen molar-refractivity contribution in [1.29, 1.82) is 0 Å². The number of amides is 2. The largest absolute Gasteiger partial charge is 0.353 e. The van der Waals surface area contributed by atoms with Crippen molar-refractivity contribution in [2.75, 3.05) is 13.1 Å². The highest BCUT2D eigenvalue weighted by Gasteiger charge is 2.06. The fraction of sp³-hybridized carbons (Fsp3) is 0.200. The topological polar surface area (TPSA) is 63.1 Å². The third kappa shape index (κ3) is 4.28. The Hall–Kier alpha value is -2.56. The highest BCUT2D eigenvalue weighted by molar-refractivity contribution is 5.96. The molecule has 20 heavy (non-hydrogen) atoms. The summed E-state index contributed by atoms with van der Waals surface area (Å²) in [6.45, 7) is 1.24. The fourth-order valence-electron chi connectivity index (χ4n) is 1.76. The second kappa shape index (κ2) is 7.13. The molecular formula is C15H17N3O2. The van der Waals surface area contributed by atoms with Crippen LogP contribution < -0.4 is 10.6 Å². The van der Waals surface area contributed by atoms with Gasteiger partial charge in [0.1, 0.15) is 0 Å². The lowest BCUT2D eigenvalue weighted by molar-refractivity contribution is -0.120. The number of nitrogens with one attached hydrogen (secondary N) is 2. The van der Waals surface area contributed by atoms with Crippen LogP contribution in [0.1, 0.15) is 10.4 Å². The average Bonchev–Trinajstić information content (AvgIpc) is 2.99. The van der Waals surface area contributed by atoms with Gasteiger partial charge in [-0.25, -0.2) is 0 Å². The molecule has 5 nitrogen and oxygen atoms in total. The molecule has 1 aromatic heterocycles. The molecule has 5 heteroatoms. The Balaban J connectivity index is 1.66. The standard InChI is InChI=1S/C15H17N3O2/c19-14(16-8-11-18-9-4-5-10-18)12-17-15(20)13-6-2-1-3-7-13/h1-7,9-10H,8,11-12H2,(H,16,19)(H,17,20). The summed E-state index contributed by atoms with van der Waals surface area (Å²) in [6.07, 6.45) is 3.87. The summed E-state index contributed by atoms with van der Waals surface area (Å²) >= 11 is 0. The summed E-state index contributed by atoms with van der Waals surface area (Å²) in [5.74, 6) is -0.437. The lowest BCUT2D eigenvalue weighted by Gasteiger charge is -2.07. The van der Waals surface area contributed by atoms with Gasteiger partial charge in [0.05, 0.1) is 6.54 Å². The Kier molecular flexibility index (Phi) is 4.94. The summed E-state index contributed by atoms with van der Waals surface area (Å²) in [5.41, 5.74) is 0.549. The van der Waals surface area contributed by atoms with Gasteiger partial charge in [-0.2, -0.15) is 0 Å². The van der Waals surface area contributed by atoms with Crippen molar-refractivity contribution in [3.8, 4) is 0 Å².